The van der Waals surface area contributed by atoms with Crippen LogP contribution in [-0.2, 0) is 4.74 Å². The van der Waals surface area contributed by atoms with Crippen LogP contribution < -0.4 is 11.1 Å². The molecule has 0 amide bonds. The molecule has 0 aliphatic carbocycles. The van der Waals surface area contributed by atoms with E-state index in [9.17, 15) is 0 Å². The third kappa shape index (κ3) is 7.78. The molecule has 0 heterocycles. The zero-order valence-electron chi connectivity index (χ0n) is 7.60. The number of nitrogens with one attached hydrogen (secondary N) is 1. The molecule has 3 heteroatoms. The highest BCUT2D eigenvalue weighted by molar-refractivity contribution is 4.62. The average Bonchev–Trinajstić information content (AvgIpc) is 1.99. The van der Waals surface area contributed by atoms with E-state index in [0.717, 1.165) is 13.1 Å². The summed E-state index contributed by atoms with van der Waals surface area (Å²) in [7, 11) is 1.67. The number of rotatable bonds is 7. The summed E-state index contributed by atoms with van der Waals surface area (Å²) < 4.78 is 4.90. The lowest BCUT2D eigenvalue weighted by Gasteiger charge is -2.10. The van der Waals surface area contributed by atoms with E-state index in [0.29, 0.717) is 6.61 Å². The molecule has 0 aromatic heterocycles. The van der Waals surface area contributed by atoms with Gasteiger partial charge >= 0.3 is 0 Å². The molecule has 0 rings (SSSR count). The van der Waals surface area contributed by atoms with Crippen LogP contribution in [0.2, 0.25) is 0 Å². The Balaban J connectivity index is 2.97. The van der Waals surface area contributed by atoms with Gasteiger partial charge in [0.15, 0.2) is 0 Å². The van der Waals surface area contributed by atoms with Gasteiger partial charge in [0.25, 0.3) is 0 Å². The largest absolute Gasteiger partial charge is 0.383 e. The standard InChI is InChI=1S/C8H20N2O/c1-3-4-5-10-6-8(9)7-11-2/h8,10H,3-7,9H2,1-2H3. The molecule has 1 atom stereocenters. The van der Waals surface area contributed by atoms with E-state index < -0.39 is 0 Å². The maximum absolute atomic E-state index is 5.68. The lowest BCUT2D eigenvalue weighted by atomic mass is 10.3. The summed E-state index contributed by atoms with van der Waals surface area (Å²) in [5, 5.41) is 3.27. The number of hydrogen-bond acceptors (Lipinski definition) is 3. The second-order valence-corrected chi connectivity index (χ2v) is 2.77. The summed E-state index contributed by atoms with van der Waals surface area (Å²) in [4.78, 5) is 0. The highest BCUT2D eigenvalue weighted by atomic mass is 16.5. The minimum Gasteiger partial charge on any atom is -0.383 e. The van der Waals surface area contributed by atoms with E-state index in [2.05, 4.69) is 12.2 Å². The van der Waals surface area contributed by atoms with Crippen molar-refractivity contribution in [2.24, 2.45) is 5.73 Å². The van der Waals surface area contributed by atoms with Gasteiger partial charge < -0.3 is 15.8 Å². The molecule has 11 heavy (non-hydrogen) atoms. The van der Waals surface area contributed by atoms with Crippen LogP contribution in [-0.4, -0.2) is 32.8 Å². The van der Waals surface area contributed by atoms with Crippen LogP contribution in [0.25, 0.3) is 0 Å². The molecule has 0 bridgehead atoms. The van der Waals surface area contributed by atoms with Gasteiger partial charge in [0, 0.05) is 19.7 Å². The Labute approximate surface area is 69.3 Å². The Bertz CT molecular complexity index is 78.5. The smallest absolute Gasteiger partial charge is 0.0626 e. The predicted octanol–water partition coefficient (Wildman–Crippen LogP) is 0.350. The molecule has 0 aliphatic heterocycles. The zero-order chi connectivity index (χ0) is 8.53. The van der Waals surface area contributed by atoms with Gasteiger partial charge in [-0.25, -0.2) is 0 Å². The maximum Gasteiger partial charge on any atom is 0.0626 e. The van der Waals surface area contributed by atoms with Gasteiger partial charge in [-0.05, 0) is 13.0 Å². The van der Waals surface area contributed by atoms with E-state index in [1.165, 1.54) is 12.8 Å². The second kappa shape index (κ2) is 7.98. The van der Waals surface area contributed by atoms with Crippen molar-refractivity contribution in [2.45, 2.75) is 25.8 Å². The van der Waals surface area contributed by atoms with Crippen molar-refractivity contribution in [3.8, 4) is 0 Å². The third-order valence-corrected chi connectivity index (χ3v) is 1.49. The maximum atomic E-state index is 5.68. The summed E-state index contributed by atoms with van der Waals surface area (Å²) in [5.74, 6) is 0. The van der Waals surface area contributed by atoms with E-state index in [-0.39, 0.29) is 6.04 Å². The molecule has 0 fully saturated rings. The topological polar surface area (TPSA) is 47.3 Å². The van der Waals surface area contributed by atoms with Crippen LogP contribution in [0.15, 0.2) is 0 Å². The highest BCUT2D eigenvalue weighted by Gasteiger charge is 1.98. The van der Waals surface area contributed by atoms with Crippen LogP contribution in [0.1, 0.15) is 19.8 Å². The van der Waals surface area contributed by atoms with Crippen LogP contribution in [0.5, 0.6) is 0 Å². The van der Waals surface area contributed by atoms with Crippen LogP contribution >= 0.6 is 0 Å². The first kappa shape index (κ1) is 10.9. The minimum absolute atomic E-state index is 0.136. The lowest BCUT2D eigenvalue weighted by molar-refractivity contribution is 0.179. The molecule has 0 spiro atoms. The number of ether oxygens (including phenoxy) is 1. The van der Waals surface area contributed by atoms with Gasteiger partial charge in [-0.3, -0.25) is 0 Å². The fraction of sp³-hybridized carbons (Fsp3) is 1.00. The summed E-state index contributed by atoms with van der Waals surface area (Å²) in [6, 6.07) is 0.136. The van der Waals surface area contributed by atoms with E-state index in [1.807, 2.05) is 0 Å². The summed E-state index contributed by atoms with van der Waals surface area (Å²) in [5.41, 5.74) is 5.68. The first-order chi connectivity index (χ1) is 5.31. The highest BCUT2D eigenvalue weighted by Crippen LogP contribution is 1.83. The molecule has 0 saturated heterocycles. The van der Waals surface area contributed by atoms with E-state index >= 15 is 0 Å². The summed E-state index contributed by atoms with van der Waals surface area (Å²) >= 11 is 0. The predicted molar refractivity (Wildman–Crippen MR) is 47.6 cm³/mol. The molecular weight excluding hydrogens is 140 g/mol. The number of unbranched alkanes of at least 4 members (excludes halogenated alkanes) is 1. The van der Waals surface area contributed by atoms with Gasteiger partial charge in [-0.2, -0.15) is 0 Å². The fourth-order valence-corrected chi connectivity index (χ4v) is 0.862. The normalized spacial score (nSPS) is 13.4. The molecule has 3 nitrogen and oxygen atoms in total. The van der Waals surface area contributed by atoms with Crippen molar-refractivity contribution in [3.63, 3.8) is 0 Å². The quantitative estimate of drug-likeness (QED) is 0.528. The Hall–Kier alpha value is -0.120. The Morgan fingerprint density at radius 2 is 2.27 bits per heavy atom. The molecule has 0 saturated carbocycles. The molecule has 3 N–H and O–H groups in total. The molecule has 0 aromatic rings. The van der Waals surface area contributed by atoms with Crippen molar-refractivity contribution in [3.05, 3.63) is 0 Å². The minimum atomic E-state index is 0.136. The number of methoxy groups -OCH3 is 1. The van der Waals surface area contributed by atoms with Gasteiger partial charge in [0.2, 0.25) is 0 Å². The van der Waals surface area contributed by atoms with Crippen molar-refractivity contribution in [1.29, 1.82) is 0 Å². The van der Waals surface area contributed by atoms with Crippen LogP contribution in [0.3, 0.4) is 0 Å². The van der Waals surface area contributed by atoms with Gasteiger partial charge in [0.05, 0.1) is 6.61 Å². The molecule has 1 unspecified atom stereocenters. The van der Waals surface area contributed by atoms with Crippen molar-refractivity contribution in [2.75, 3.05) is 26.8 Å². The van der Waals surface area contributed by atoms with Crippen LogP contribution in [0.4, 0.5) is 0 Å². The van der Waals surface area contributed by atoms with Crippen LogP contribution in [0, 0.1) is 0 Å². The molecule has 68 valence electrons. The zero-order valence-corrected chi connectivity index (χ0v) is 7.60. The van der Waals surface area contributed by atoms with E-state index in [4.69, 9.17) is 10.5 Å². The molecular formula is C8H20N2O. The van der Waals surface area contributed by atoms with Crippen molar-refractivity contribution in [1.82, 2.24) is 5.32 Å². The summed E-state index contributed by atoms with van der Waals surface area (Å²) in [6.45, 7) is 4.73. The van der Waals surface area contributed by atoms with E-state index in [1.54, 1.807) is 7.11 Å². The van der Waals surface area contributed by atoms with Gasteiger partial charge in [-0.1, -0.05) is 13.3 Å². The third-order valence-electron chi connectivity index (χ3n) is 1.49. The first-order valence-electron chi connectivity index (χ1n) is 4.26. The molecule has 0 aromatic carbocycles. The SMILES string of the molecule is CCCCNCC(N)COC. The Morgan fingerprint density at radius 1 is 1.55 bits per heavy atom. The van der Waals surface area contributed by atoms with Gasteiger partial charge in [-0.15, -0.1) is 0 Å². The fourth-order valence-electron chi connectivity index (χ4n) is 0.862. The lowest BCUT2D eigenvalue weighted by Crippen LogP contribution is -2.37. The molecule has 0 radical (unpaired) electrons. The van der Waals surface area contributed by atoms with Crippen molar-refractivity contribution >= 4 is 0 Å². The number of hydrogen-bond donors (Lipinski definition) is 2. The summed E-state index contributed by atoms with van der Waals surface area (Å²) in [6.07, 6.45) is 2.45. The second-order valence-electron chi connectivity index (χ2n) is 2.77. The Morgan fingerprint density at radius 3 is 2.82 bits per heavy atom. The number of nitrogens with two attached hydrogens (primary N) is 1. The average molecular weight is 160 g/mol. The first-order valence-corrected chi connectivity index (χ1v) is 4.26. The monoisotopic (exact) mass is 160 g/mol. The van der Waals surface area contributed by atoms with Gasteiger partial charge in [0.1, 0.15) is 0 Å². The van der Waals surface area contributed by atoms with Crippen molar-refractivity contribution < 1.29 is 4.74 Å². The molecule has 0 aliphatic rings. The Kier molecular flexibility index (Phi) is 7.89.